The Hall–Kier alpha value is -0.600. The van der Waals surface area contributed by atoms with Gasteiger partial charge in [0.1, 0.15) is 5.82 Å². The van der Waals surface area contributed by atoms with Gasteiger partial charge in [-0.05, 0) is 79.8 Å². The zero-order valence-corrected chi connectivity index (χ0v) is 14.1. The van der Waals surface area contributed by atoms with Crippen LogP contribution in [0, 0.1) is 23.1 Å². The molecule has 1 aromatic carbocycles. The van der Waals surface area contributed by atoms with Gasteiger partial charge in [0.25, 0.3) is 0 Å². The van der Waals surface area contributed by atoms with E-state index in [1.54, 1.807) is 12.1 Å². The molecule has 0 saturated heterocycles. The quantitative estimate of drug-likeness (QED) is 0.800. The van der Waals surface area contributed by atoms with Gasteiger partial charge in [0, 0.05) is 5.02 Å². The van der Waals surface area contributed by atoms with E-state index in [0.29, 0.717) is 22.3 Å². The molecule has 1 fully saturated rings. The summed E-state index contributed by atoms with van der Waals surface area (Å²) in [5.74, 6) is 1.04. The van der Waals surface area contributed by atoms with Gasteiger partial charge in [-0.15, -0.1) is 0 Å². The van der Waals surface area contributed by atoms with E-state index in [4.69, 9.17) is 11.6 Å². The molecule has 2 rings (SSSR count). The molecular formula is C18H27ClFN. The van der Waals surface area contributed by atoms with Crippen molar-refractivity contribution >= 4 is 11.6 Å². The van der Waals surface area contributed by atoms with Crippen molar-refractivity contribution < 1.29 is 4.39 Å². The Morgan fingerprint density at radius 2 is 2.10 bits per heavy atom. The van der Waals surface area contributed by atoms with E-state index < -0.39 is 0 Å². The molecule has 1 saturated carbocycles. The van der Waals surface area contributed by atoms with E-state index in [1.807, 2.05) is 0 Å². The van der Waals surface area contributed by atoms with E-state index in [2.05, 4.69) is 26.1 Å². The van der Waals surface area contributed by atoms with Crippen LogP contribution in [-0.4, -0.2) is 13.1 Å². The Morgan fingerprint density at radius 1 is 1.33 bits per heavy atom. The summed E-state index contributed by atoms with van der Waals surface area (Å²) < 4.78 is 14.0. The smallest absolute Gasteiger partial charge is 0.126 e. The molecular weight excluding hydrogens is 285 g/mol. The second kappa shape index (κ2) is 7.11. The predicted octanol–water partition coefficient (Wildman–Crippen LogP) is 5.07. The fourth-order valence-corrected chi connectivity index (χ4v) is 3.80. The Morgan fingerprint density at radius 3 is 2.81 bits per heavy atom. The third-order valence-corrected chi connectivity index (χ3v) is 5.05. The highest BCUT2D eigenvalue weighted by Crippen LogP contribution is 2.43. The number of nitrogens with one attached hydrogen (secondary N) is 1. The molecule has 0 heterocycles. The maximum atomic E-state index is 14.0. The third kappa shape index (κ3) is 4.69. The molecule has 118 valence electrons. The van der Waals surface area contributed by atoms with Crippen LogP contribution in [-0.2, 0) is 6.42 Å². The Labute approximate surface area is 133 Å². The first kappa shape index (κ1) is 16.8. The third-order valence-electron chi connectivity index (χ3n) is 4.82. The van der Waals surface area contributed by atoms with E-state index in [0.717, 1.165) is 31.5 Å². The Bertz CT molecular complexity index is 472. The highest BCUT2D eigenvalue weighted by atomic mass is 35.5. The zero-order valence-electron chi connectivity index (χ0n) is 13.4. The molecule has 0 spiro atoms. The van der Waals surface area contributed by atoms with Crippen molar-refractivity contribution in [2.75, 3.05) is 13.1 Å². The summed E-state index contributed by atoms with van der Waals surface area (Å²) in [7, 11) is 0. The number of rotatable bonds is 5. The van der Waals surface area contributed by atoms with Crippen LogP contribution in [0.15, 0.2) is 18.2 Å². The average Bonchev–Trinajstić information content (AvgIpc) is 2.41. The summed E-state index contributed by atoms with van der Waals surface area (Å²) in [6.45, 7) is 8.84. The predicted molar refractivity (Wildman–Crippen MR) is 88.3 cm³/mol. The largest absolute Gasteiger partial charge is 0.317 e. The summed E-state index contributed by atoms with van der Waals surface area (Å²) >= 11 is 6.03. The normalized spacial score (nSPS) is 25.0. The molecule has 0 aromatic heterocycles. The van der Waals surface area contributed by atoms with Gasteiger partial charge in [0.05, 0.1) is 0 Å². The second-order valence-electron chi connectivity index (χ2n) is 7.17. The highest BCUT2D eigenvalue weighted by molar-refractivity contribution is 6.30. The van der Waals surface area contributed by atoms with Crippen LogP contribution in [0.1, 0.15) is 45.6 Å². The molecule has 1 aliphatic rings. The lowest BCUT2D eigenvalue weighted by molar-refractivity contribution is 0.115. The first-order valence-electron chi connectivity index (χ1n) is 8.06. The number of hydrogen-bond donors (Lipinski definition) is 1. The summed E-state index contributed by atoms with van der Waals surface area (Å²) in [5, 5.41) is 4.10. The molecule has 2 unspecified atom stereocenters. The minimum atomic E-state index is -0.120. The fraction of sp³-hybridized carbons (Fsp3) is 0.667. The van der Waals surface area contributed by atoms with Crippen LogP contribution < -0.4 is 5.32 Å². The maximum Gasteiger partial charge on any atom is 0.126 e. The SMILES string of the molecule is CCNCC1CCC(C)(C)CC1Cc1cc(Cl)ccc1F. The maximum absolute atomic E-state index is 14.0. The molecule has 3 heteroatoms. The van der Waals surface area contributed by atoms with Crippen LogP contribution in [0.5, 0.6) is 0 Å². The van der Waals surface area contributed by atoms with E-state index in [-0.39, 0.29) is 5.82 Å². The fourth-order valence-electron chi connectivity index (χ4n) is 3.61. The van der Waals surface area contributed by atoms with Crippen molar-refractivity contribution in [2.45, 2.75) is 46.5 Å². The lowest BCUT2D eigenvalue weighted by Gasteiger charge is -2.41. The van der Waals surface area contributed by atoms with E-state index >= 15 is 0 Å². The van der Waals surface area contributed by atoms with E-state index in [9.17, 15) is 4.39 Å². The summed E-state index contributed by atoms with van der Waals surface area (Å²) in [5.41, 5.74) is 1.13. The summed E-state index contributed by atoms with van der Waals surface area (Å²) in [4.78, 5) is 0. The van der Waals surface area contributed by atoms with Gasteiger partial charge < -0.3 is 5.32 Å². The van der Waals surface area contributed by atoms with Crippen molar-refractivity contribution in [2.24, 2.45) is 17.3 Å². The van der Waals surface area contributed by atoms with Crippen molar-refractivity contribution in [3.05, 3.63) is 34.6 Å². The van der Waals surface area contributed by atoms with Crippen molar-refractivity contribution in [1.82, 2.24) is 5.32 Å². The van der Waals surface area contributed by atoms with Gasteiger partial charge in [0.15, 0.2) is 0 Å². The Balaban J connectivity index is 2.13. The summed E-state index contributed by atoms with van der Waals surface area (Å²) in [6, 6.07) is 4.91. The van der Waals surface area contributed by atoms with Crippen LogP contribution in [0.2, 0.25) is 5.02 Å². The summed E-state index contributed by atoms with van der Waals surface area (Å²) in [6.07, 6.45) is 4.45. The highest BCUT2D eigenvalue weighted by Gasteiger charge is 2.34. The second-order valence-corrected chi connectivity index (χ2v) is 7.61. The number of benzene rings is 1. The van der Waals surface area contributed by atoms with Gasteiger partial charge in [-0.3, -0.25) is 0 Å². The van der Waals surface area contributed by atoms with Gasteiger partial charge in [-0.25, -0.2) is 4.39 Å². The van der Waals surface area contributed by atoms with Crippen LogP contribution >= 0.6 is 11.6 Å². The lowest BCUT2D eigenvalue weighted by atomic mass is 9.65. The van der Waals surface area contributed by atoms with Gasteiger partial charge in [-0.2, -0.15) is 0 Å². The molecule has 1 aliphatic carbocycles. The molecule has 0 aliphatic heterocycles. The van der Waals surface area contributed by atoms with Crippen molar-refractivity contribution in [3.63, 3.8) is 0 Å². The topological polar surface area (TPSA) is 12.0 Å². The van der Waals surface area contributed by atoms with Gasteiger partial charge in [-0.1, -0.05) is 32.4 Å². The van der Waals surface area contributed by atoms with E-state index in [1.165, 1.54) is 18.9 Å². The van der Waals surface area contributed by atoms with Crippen LogP contribution in [0.4, 0.5) is 4.39 Å². The van der Waals surface area contributed by atoms with Crippen molar-refractivity contribution in [3.8, 4) is 0 Å². The molecule has 1 nitrogen and oxygen atoms in total. The molecule has 21 heavy (non-hydrogen) atoms. The van der Waals surface area contributed by atoms with Gasteiger partial charge in [0.2, 0.25) is 0 Å². The molecule has 0 amide bonds. The standard InChI is InChI=1S/C18H27ClFN/c1-4-21-12-13-7-8-18(2,3)11-15(13)9-14-10-16(19)5-6-17(14)20/h5-6,10,13,15,21H,4,7-9,11-12H2,1-3H3. The Kier molecular flexibility index (Phi) is 5.67. The van der Waals surface area contributed by atoms with Crippen LogP contribution in [0.3, 0.4) is 0 Å². The van der Waals surface area contributed by atoms with Gasteiger partial charge >= 0.3 is 0 Å². The monoisotopic (exact) mass is 311 g/mol. The minimum Gasteiger partial charge on any atom is -0.317 e. The zero-order chi connectivity index (χ0) is 15.5. The molecule has 0 radical (unpaired) electrons. The lowest BCUT2D eigenvalue weighted by Crippen LogP contribution is -2.37. The molecule has 2 atom stereocenters. The average molecular weight is 312 g/mol. The van der Waals surface area contributed by atoms with Crippen molar-refractivity contribution in [1.29, 1.82) is 0 Å². The minimum absolute atomic E-state index is 0.120. The molecule has 1 N–H and O–H groups in total. The molecule has 1 aromatic rings. The first-order valence-corrected chi connectivity index (χ1v) is 8.44. The molecule has 0 bridgehead atoms. The number of hydrogen-bond acceptors (Lipinski definition) is 1. The van der Waals surface area contributed by atoms with Crippen LogP contribution in [0.25, 0.3) is 0 Å². The first-order chi connectivity index (χ1) is 9.91. The number of halogens is 2.